The van der Waals surface area contributed by atoms with Gasteiger partial charge in [-0.2, -0.15) is 0 Å². The quantitative estimate of drug-likeness (QED) is 0.658. The van der Waals surface area contributed by atoms with Crippen LogP contribution < -0.4 is 0 Å². The molecule has 1 aliphatic heterocycles. The zero-order chi connectivity index (χ0) is 19.5. The average molecular weight is 399 g/mol. The lowest BCUT2D eigenvalue weighted by Gasteiger charge is -2.33. The minimum absolute atomic E-state index is 0.118. The number of thioether (sulfide) groups is 1. The number of rotatable bonds is 7. The Kier molecular flexibility index (Phi) is 6.04. The molecule has 0 spiro atoms. The third kappa shape index (κ3) is 4.43. The maximum atomic E-state index is 13.0. The normalized spacial score (nSPS) is 19.0. The number of nitrogens with zero attached hydrogens (tertiary/aromatic N) is 4. The largest absolute Gasteiger partial charge is 0.342 e. The summed E-state index contributed by atoms with van der Waals surface area (Å²) in [5.41, 5.74) is 1.40. The number of aromatic nitrogens is 3. The van der Waals surface area contributed by atoms with Crippen molar-refractivity contribution in [2.45, 2.75) is 68.8 Å². The summed E-state index contributed by atoms with van der Waals surface area (Å²) in [5, 5.41) is 9.55. The van der Waals surface area contributed by atoms with Gasteiger partial charge in [0.25, 0.3) is 0 Å². The van der Waals surface area contributed by atoms with Gasteiger partial charge in [-0.3, -0.25) is 4.79 Å². The number of hydrogen-bond donors (Lipinski definition) is 0. The van der Waals surface area contributed by atoms with Crippen LogP contribution in [0.1, 0.15) is 56.8 Å². The van der Waals surface area contributed by atoms with Crippen LogP contribution in [0.2, 0.25) is 0 Å². The lowest BCUT2D eigenvalue weighted by atomic mass is 9.90. The number of hydrogen-bond acceptors (Lipinski definition) is 4. The van der Waals surface area contributed by atoms with Crippen molar-refractivity contribution in [3.8, 4) is 0 Å². The number of piperidine rings is 1. The van der Waals surface area contributed by atoms with Crippen molar-refractivity contribution in [1.82, 2.24) is 19.7 Å². The summed E-state index contributed by atoms with van der Waals surface area (Å²) >= 11 is 1.56. The van der Waals surface area contributed by atoms with E-state index in [9.17, 15) is 4.79 Å². The van der Waals surface area contributed by atoms with E-state index in [-0.39, 0.29) is 11.2 Å². The molecule has 28 heavy (non-hydrogen) atoms. The first kappa shape index (κ1) is 19.5. The molecule has 1 aromatic heterocycles. The van der Waals surface area contributed by atoms with Gasteiger partial charge in [0.05, 0.1) is 5.25 Å². The minimum atomic E-state index is -0.118. The fourth-order valence-electron chi connectivity index (χ4n) is 4.10. The smallest absolute Gasteiger partial charge is 0.235 e. The second-order valence-electron chi connectivity index (χ2n) is 8.08. The van der Waals surface area contributed by atoms with Crippen molar-refractivity contribution >= 4 is 17.7 Å². The molecule has 1 aliphatic carbocycles. The fraction of sp³-hybridized carbons (Fsp3) is 0.591. The molecule has 6 heteroatoms. The van der Waals surface area contributed by atoms with E-state index < -0.39 is 0 Å². The van der Waals surface area contributed by atoms with Crippen LogP contribution in [-0.4, -0.2) is 43.9 Å². The van der Waals surface area contributed by atoms with Crippen molar-refractivity contribution in [2.24, 2.45) is 5.92 Å². The van der Waals surface area contributed by atoms with Crippen molar-refractivity contribution in [1.29, 1.82) is 0 Å². The van der Waals surface area contributed by atoms with E-state index in [4.69, 9.17) is 0 Å². The molecule has 150 valence electrons. The maximum absolute atomic E-state index is 13.0. The molecule has 0 unspecified atom stereocenters. The van der Waals surface area contributed by atoms with Crippen LogP contribution in [0, 0.1) is 5.92 Å². The molecule has 5 nitrogen and oxygen atoms in total. The topological polar surface area (TPSA) is 51.0 Å². The highest BCUT2D eigenvalue weighted by Crippen LogP contribution is 2.40. The van der Waals surface area contributed by atoms with Crippen LogP contribution in [0.15, 0.2) is 35.5 Å². The molecule has 0 radical (unpaired) electrons. The molecular formula is C22H30N4OS. The highest BCUT2D eigenvalue weighted by Gasteiger charge is 2.32. The molecule has 1 aromatic carbocycles. The Morgan fingerprint density at radius 1 is 1.14 bits per heavy atom. The predicted octanol–water partition coefficient (Wildman–Crippen LogP) is 4.14. The van der Waals surface area contributed by atoms with Gasteiger partial charge in [-0.05, 0) is 57.4 Å². The van der Waals surface area contributed by atoms with E-state index in [0.29, 0.717) is 11.8 Å². The van der Waals surface area contributed by atoms with E-state index in [1.165, 1.54) is 18.4 Å². The van der Waals surface area contributed by atoms with Crippen LogP contribution in [-0.2, 0) is 17.8 Å². The Hall–Kier alpha value is -1.82. The molecule has 0 bridgehead atoms. The van der Waals surface area contributed by atoms with Gasteiger partial charge in [-0.25, -0.2) is 0 Å². The summed E-state index contributed by atoms with van der Waals surface area (Å²) in [6, 6.07) is 10.7. The standard InChI is InChI=1S/C22H30N4OS/c1-3-26-20(19-9-10-19)23-24-22(26)28-16(2)21(27)25-13-11-18(12-14-25)15-17-7-5-4-6-8-17/h4-8,16,18-19H,3,9-15H2,1-2H3/t16-/m0/s1. The molecule has 1 atom stereocenters. The van der Waals surface area contributed by atoms with Crippen LogP contribution in [0.5, 0.6) is 0 Å². The summed E-state index contributed by atoms with van der Waals surface area (Å²) in [6.45, 7) is 6.74. The monoisotopic (exact) mass is 398 g/mol. The van der Waals surface area contributed by atoms with E-state index in [2.05, 4.69) is 52.0 Å². The number of carbonyl (C=O) groups excluding carboxylic acids is 1. The van der Waals surface area contributed by atoms with E-state index in [1.54, 1.807) is 11.8 Å². The lowest BCUT2D eigenvalue weighted by molar-refractivity contribution is -0.131. The Morgan fingerprint density at radius 2 is 1.86 bits per heavy atom. The molecule has 4 rings (SSSR count). The molecular weight excluding hydrogens is 368 g/mol. The molecule has 0 N–H and O–H groups in total. The Bertz CT molecular complexity index is 794. The van der Waals surface area contributed by atoms with Gasteiger partial charge >= 0.3 is 0 Å². The predicted molar refractivity (Wildman–Crippen MR) is 112 cm³/mol. The molecule has 2 fully saturated rings. The first-order valence-electron chi connectivity index (χ1n) is 10.6. The molecule has 2 heterocycles. The maximum Gasteiger partial charge on any atom is 0.235 e. The minimum Gasteiger partial charge on any atom is -0.342 e. The Labute approximate surface area is 171 Å². The molecule has 1 saturated carbocycles. The summed E-state index contributed by atoms with van der Waals surface area (Å²) in [5.74, 6) is 2.60. The first-order chi connectivity index (χ1) is 13.7. The summed E-state index contributed by atoms with van der Waals surface area (Å²) in [6.07, 6.45) is 5.74. The second-order valence-corrected chi connectivity index (χ2v) is 9.39. The van der Waals surface area contributed by atoms with Crippen molar-refractivity contribution in [3.63, 3.8) is 0 Å². The van der Waals surface area contributed by atoms with E-state index in [0.717, 1.165) is 49.9 Å². The zero-order valence-electron chi connectivity index (χ0n) is 16.9. The molecule has 2 aliphatic rings. The highest BCUT2D eigenvalue weighted by atomic mass is 32.2. The van der Waals surface area contributed by atoms with Crippen LogP contribution >= 0.6 is 11.8 Å². The van der Waals surface area contributed by atoms with Crippen LogP contribution in [0.4, 0.5) is 0 Å². The molecule has 2 aromatic rings. The zero-order valence-corrected chi connectivity index (χ0v) is 17.7. The molecule has 1 saturated heterocycles. The highest BCUT2D eigenvalue weighted by molar-refractivity contribution is 8.00. The van der Waals surface area contributed by atoms with E-state index in [1.807, 2.05) is 11.8 Å². The Balaban J connectivity index is 1.30. The van der Waals surface area contributed by atoms with E-state index >= 15 is 0 Å². The Morgan fingerprint density at radius 3 is 2.50 bits per heavy atom. The van der Waals surface area contributed by atoms with Crippen LogP contribution in [0.25, 0.3) is 0 Å². The SMILES string of the molecule is CCn1c(S[C@@H](C)C(=O)N2CCC(Cc3ccccc3)CC2)nnc1C1CC1. The van der Waals surface area contributed by atoms with Crippen LogP contribution in [0.3, 0.4) is 0 Å². The third-order valence-corrected chi connectivity index (χ3v) is 7.00. The lowest BCUT2D eigenvalue weighted by Crippen LogP contribution is -2.42. The average Bonchev–Trinajstić information content (AvgIpc) is 3.49. The fourth-order valence-corrected chi connectivity index (χ4v) is 5.10. The number of amides is 1. The van der Waals surface area contributed by atoms with Crippen molar-refractivity contribution in [2.75, 3.05) is 13.1 Å². The number of benzene rings is 1. The van der Waals surface area contributed by atoms with Gasteiger partial charge in [0.1, 0.15) is 5.82 Å². The third-order valence-electron chi connectivity index (χ3n) is 5.93. The van der Waals surface area contributed by atoms with Gasteiger partial charge in [0, 0.05) is 25.6 Å². The molecule has 1 amide bonds. The summed E-state index contributed by atoms with van der Waals surface area (Å²) in [4.78, 5) is 15.0. The second kappa shape index (κ2) is 8.68. The van der Waals surface area contributed by atoms with Gasteiger partial charge in [-0.15, -0.1) is 10.2 Å². The number of likely N-dealkylation sites (tertiary alicyclic amines) is 1. The van der Waals surface area contributed by atoms with Gasteiger partial charge in [-0.1, -0.05) is 42.1 Å². The van der Waals surface area contributed by atoms with Crippen molar-refractivity contribution in [3.05, 3.63) is 41.7 Å². The first-order valence-corrected chi connectivity index (χ1v) is 11.5. The van der Waals surface area contributed by atoms with Gasteiger partial charge < -0.3 is 9.47 Å². The van der Waals surface area contributed by atoms with Crippen molar-refractivity contribution < 1.29 is 4.79 Å². The number of carbonyl (C=O) groups is 1. The summed E-state index contributed by atoms with van der Waals surface area (Å²) < 4.78 is 2.19. The van der Waals surface area contributed by atoms with Gasteiger partial charge in [0.2, 0.25) is 5.91 Å². The summed E-state index contributed by atoms with van der Waals surface area (Å²) in [7, 11) is 0. The van der Waals surface area contributed by atoms with Gasteiger partial charge in [0.15, 0.2) is 5.16 Å².